The van der Waals surface area contributed by atoms with E-state index in [2.05, 4.69) is 23.7 Å². The van der Waals surface area contributed by atoms with Gasteiger partial charge in [0.25, 0.3) is 5.91 Å². The van der Waals surface area contributed by atoms with Gasteiger partial charge < -0.3 is 10.1 Å². The third-order valence-corrected chi connectivity index (χ3v) is 6.19. The average Bonchev–Trinajstić information content (AvgIpc) is 2.86. The Balaban J connectivity index is 1.52. The van der Waals surface area contributed by atoms with E-state index in [0.29, 0.717) is 12.1 Å². The first-order chi connectivity index (χ1) is 16.2. The van der Waals surface area contributed by atoms with E-state index in [-0.39, 0.29) is 5.91 Å². The molecule has 0 aliphatic carbocycles. The second-order valence-electron chi connectivity index (χ2n) is 8.92. The van der Waals surface area contributed by atoms with Crippen molar-refractivity contribution < 1.29 is 14.1 Å². The Morgan fingerprint density at radius 2 is 1.39 bits per heavy atom. The van der Waals surface area contributed by atoms with Gasteiger partial charge >= 0.3 is 0 Å². The number of nitrogens with one attached hydrogen (secondary N) is 1. The molecule has 4 nitrogen and oxygen atoms in total. The Morgan fingerprint density at radius 3 is 2.00 bits per heavy atom. The molecule has 2 rings (SSSR count). The number of pyridine rings is 1. The molecule has 0 aliphatic heterocycles. The second kappa shape index (κ2) is 17.2. The summed E-state index contributed by atoms with van der Waals surface area (Å²) in [5, 5.41) is 3.00. The molecule has 0 bridgehead atoms. The van der Waals surface area contributed by atoms with Gasteiger partial charge in [-0.15, -0.1) is 0 Å². The highest BCUT2D eigenvalue weighted by Crippen LogP contribution is 2.15. The number of hydrogen-bond acceptors (Lipinski definition) is 2. The lowest BCUT2D eigenvalue weighted by Crippen LogP contribution is -2.39. The maximum atomic E-state index is 12.5. The Hall–Kier alpha value is -2.36. The molecule has 4 heteroatoms. The summed E-state index contributed by atoms with van der Waals surface area (Å²) in [7, 11) is 0. The summed E-state index contributed by atoms with van der Waals surface area (Å²) in [5.41, 5.74) is 1.75. The number of rotatable bonds is 18. The first-order valence-corrected chi connectivity index (χ1v) is 13.2. The zero-order valence-electron chi connectivity index (χ0n) is 21.0. The van der Waals surface area contributed by atoms with Crippen molar-refractivity contribution in [3.05, 3.63) is 59.9 Å². The highest BCUT2D eigenvalue weighted by atomic mass is 16.5. The van der Waals surface area contributed by atoms with E-state index in [1.54, 1.807) is 0 Å². The Kier molecular flexibility index (Phi) is 14.0. The third-order valence-electron chi connectivity index (χ3n) is 6.19. The normalized spacial score (nSPS) is 10.8. The molecular formula is C29H45N2O2+. The van der Waals surface area contributed by atoms with Gasteiger partial charge in [-0.1, -0.05) is 83.6 Å². The average molecular weight is 454 g/mol. The van der Waals surface area contributed by atoms with Crippen LogP contribution in [0, 0.1) is 0 Å². The van der Waals surface area contributed by atoms with Crippen molar-refractivity contribution in [2.24, 2.45) is 0 Å². The maximum Gasteiger partial charge on any atom is 0.251 e. The van der Waals surface area contributed by atoms with Crippen molar-refractivity contribution in [1.29, 1.82) is 0 Å². The molecule has 0 atom stereocenters. The van der Waals surface area contributed by atoms with Gasteiger partial charge in [0.1, 0.15) is 18.8 Å². The summed E-state index contributed by atoms with van der Waals surface area (Å²) in [6.45, 7) is 6.52. The molecule has 0 saturated carbocycles. The smallest absolute Gasteiger partial charge is 0.251 e. The monoisotopic (exact) mass is 453 g/mol. The van der Waals surface area contributed by atoms with Crippen LogP contribution in [-0.2, 0) is 13.1 Å². The molecule has 0 saturated heterocycles. The van der Waals surface area contributed by atoms with Crippen LogP contribution in [0.5, 0.6) is 5.75 Å². The fourth-order valence-electron chi connectivity index (χ4n) is 4.09. The van der Waals surface area contributed by atoms with Crippen molar-refractivity contribution in [3.63, 3.8) is 0 Å². The Bertz CT molecular complexity index is 773. The number of amides is 1. The predicted octanol–water partition coefficient (Wildman–Crippen LogP) is 7.00. The van der Waals surface area contributed by atoms with Crippen LogP contribution >= 0.6 is 0 Å². The van der Waals surface area contributed by atoms with E-state index < -0.39 is 0 Å². The lowest BCUT2D eigenvalue weighted by Gasteiger charge is -2.08. The van der Waals surface area contributed by atoms with Crippen LogP contribution in [0.2, 0.25) is 0 Å². The van der Waals surface area contributed by atoms with E-state index in [4.69, 9.17) is 4.74 Å². The van der Waals surface area contributed by atoms with Crippen LogP contribution < -0.4 is 14.6 Å². The van der Waals surface area contributed by atoms with Gasteiger partial charge in [-0.3, -0.25) is 4.79 Å². The molecule has 0 unspecified atom stereocenters. The largest absolute Gasteiger partial charge is 0.494 e. The zero-order chi connectivity index (χ0) is 23.6. The fraction of sp³-hybridized carbons (Fsp3) is 0.586. The molecule has 0 aliphatic rings. The van der Waals surface area contributed by atoms with Crippen molar-refractivity contribution in [1.82, 2.24) is 5.32 Å². The van der Waals surface area contributed by atoms with Gasteiger partial charge in [0.2, 0.25) is 5.69 Å². The summed E-state index contributed by atoms with van der Waals surface area (Å²) >= 11 is 0. The van der Waals surface area contributed by atoms with Crippen molar-refractivity contribution in [3.8, 4) is 5.75 Å². The number of hydrogen-bond donors (Lipinski definition) is 1. The quantitative estimate of drug-likeness (QED) is 0.195. The van der Waals surface area contributed by atoms with Crippen LogP contribution in [0.1, 0.15) is 107 Å². The Labute approximate surface area is 201 Å². The highest BCUT2D eigenvalue weighted by molar-refractivity contribution is 5.94. The van der Waals surface area contributed by atoms with Crippen LogP contribution in [0.3, 0.4) is 0 Å². The molecule has 1 aromatic carbocycles. The van der Waals surface area contributed by atoms with E-state index in [9.17, 15) is 4.79 Å². The maximum absolute atomic E-state index is 12.5. The van der Waals surface area contributed by atoms with Gasteiger partial charge in [-0.2, -0.15) is 0 Å². The molecule has 1 amide bonds. The van der Waals surface area contributed by atoms with Gasteiger partial charge in [0.15, 0.2) is 6.20 Å². The lowest BCUT2D eigenvalue weighted by molar-refractivity contribution is -0.701. The number of aryl methyl sites for hydroxylation is 1. The SMILES string of the molecule is CCCCCCCCCCCCCCOc1ccc(C(=O)NCc2cccc[n+]2CC)cc1. The molecule has 0 spiro atoms. The molecule has 0 fully saturated rings. The zero-order valence-corrected chi connectivity index (χ0v) is 21.0. The lowest BCUT2D eigenvalue weighted by atomic mass is 10.1. The minimum absolute atomic E-state index is 0.0611. The number of benzene rings is 1. The van der Waals surface area contributed by atoms with E-state index in [1.165, 1.54) is 70.6 Å². The fourth-order valence-corrected chi connectivity index (χ4v) is 4.09. The van der Waals surface area contributed by atoms with E-state index >= 15 is 0 Å². The summed E-state index contributed by atoms with van der Waals surface area (Å²) in [6.07, 6.45) is 18.2. The van der Waals surface area contributed by atoms with Crippen LogP contribution in [0.25, 0.3) is 0 Å². The van der Waals surface area contributed by atoms with Crippen molar-refractivity contribution in [2.75, 3.05) is 6.61 Å². The number of ether oxygens (including phenoxy) is 1. The first kappa shape index (κ1) is 26.9. The van der Waals surface area contributed by atoms with Gasteiger partial charge in [0, 0.05) is 17.7 Å². The summed E-state index contributed by atoms with van der Waals surface area (Å²) in [5.74, 6) is 0.774. The van der Waals surface area contributed by atoms with Crippen LogP contribution in [0.15, 0.2) is 48.7 Å². The molecule has 0 radical (unpaired) electrons. The number of carbonyl (C=O) groups excluding carboxylic acids is 1. The first-order valence-electron chi connectivity index (χ1n) is 13.2. The minimum atomic E-state index is -0.0611. The number of unbranched alkanes of at least 4 members (excludes halogenated alkanes) is 11. The molecule has 2 aromatic rings. The van der Waals surface area contributed by atoms with E-state index in [1.807, 2.05) is 48.7 Å². The van der Waals surface area contributed by atoms with Crippen molar-refractivity contribution in [2.45, 2.75) is 104 Å². The minimum Gasteiger partial charge on any atom is -0.494 e. The molecule has 1 aromatic heterocycles. The van der Waals surface area contributed by atoms with Gasteiger partial charge in [0.05, 0.1) is 6.61 Å². The topological polar surface area (TPSA) is 42.2 Å². The number of carbonyl (C=O) groups is 1. The standard InChI is InChI=1S/C29H44N2O2/c1-3-5-6-7-8-9-10-11-12-13-14-17-24-33-28-21-19-26(20-22-28)29(32)30-25-27-18-15-16-23-31(27)4-2/h15-16,18-23H,3-14,17,24-25H2,1-2H3/p+1. The molecule has 1 heterocycles. The highest BCUT2D eigenvalue weighted by Gasteiger charge is 2.11. The second-order valence-corrected chi connectivity index (χ2v) is 8.92. The predicted molar refractivity (Wildman–Crippen MR) is 136 cm³/mol. The Morgan fingerprint density at radius 1 is 0.788 bits per heavy atom. The summed E-state index contributed by atoms with van der Waals surface area (Å²) in [4.78, 5) is 12.5. The van der Waals surface area contributed by atoms with Gasteiger partial charge in [-0.25, -0.2) is 4.57 Å². The molecule has 33 heavy (non-hydrogen) atoms. The van der Waals surface area contributed by atoms with E-state index in [0.717, 1.165) is 31.0 Å². The third kappa shape index (κ3) is 11.4. The summed E-state index contributed by atoms with van der Waals surface area (Å²) in [6, 6.07) is 13.5. The van der Waals surface area contributed by atoms with Crippen LogP contribution in [0.4, 0.5) is 0 Å². The summed E-state index contributed by atoms with van der Waals surface area (Å²) < 4.78 is 7.99. The van der Waals surface area contributed by atoms with Gasteiger partial charge in [-0.05, 0) is 37.6 Å². The van der Waals surface area contributed by atoms with Crippen LogP contribution in [-0.4, -0.2) is 12.5 Å². The molecular weight excluding hydrogens is 408 g/mol. The molecule has 1 N–H and O–H groups in total. The van der Waals surface area contributed by atoms with Crippen molar-refractivity contribution >= 4 is 5.91 Å². The molecule has 182 valence electrons. The number of aromatic nitrogens is 1. The number of nitrogens with zero attached hydrogens (tertiary/aromatic N) is 1.